The number of benzene rings is 3. The number of hydrogen-bond donors (Lipinski definition) is 0. The SMILES string of the molecule is C1=CC2C=CC1C2.C=C(C)C.CC(C)(C)Cl.CC(C)(C)P(Cl)[B]I.CC(C)(C)P([B]I)C1C2CC3C(C2Cl)C31.CC(C)(Cl)c1ccccc1.CC(C)(c1ccccc1)P(I)[B]C1C2CC3C(C2Cl)C13.CC(C)(c1ccccc1)P(I)[B]Cl.[Cl][Ti]([Cl])([Cl])[Cl].[Cl][Ti]([Cl])([Cl])[Cl]. The third kappa shape index (κ3) is 34.7. The molecule has 16 atom stereocenters. The quantitative estimate of drug-likeness (QED) is 0.0590. The van der Waals surface area contributed by atoms with Crippen LogP contribution in [0.3, 0.4) is 0 Å². The van der Waals surface area contributed by atoms with Crippen LogP contribution in [-0.2, 0) is 39.9 Å². The van der Waals surface area contributed by atoms with Crippen LogP contribution in [0.2, 0.25) is 5.82 Å². The van der Waals surface area contributed by atoms with Gasteiger partial charge in [0.25, 0.3) is 11.3 Å². The van der Waals surface area contributed by atoms with E-state index in [9.17, 15) is 0 Å². The van der Waals surface area contributed by atoms with Crippen molar-refractivity contribution in [2.45, 2.75) is 190 Å². The van der Waals surface area contributed by atoms with Crippen LogP contribution < -0.4 is 0 Å². The second-order valence-electron chi connectivity index (χ2n) is 28.7. The van der Waals surface area contributed by atoms with Crippen LogP contribution in [0.5, 0.6) is 0 Å². The number of fused-ring (bicyclic) bond motifs is 2. The van der Waals surface area contributed by atoms with Gasteiger partial charge in [0, 0.05) is 25.9 Å². The maximum atomic E-state index is 6.59. The molecule has 0 aliphatic heterocycles. The maximum absolute atomic E-state index is 6.59. The van der Waals surface area contributed by atoms with E-state index in [-0.39, 0.29) is 51.1 Å². The van der Waals surface area contributed by atoms with Crippen molar-refractivity contribution < 1.29 is 24.7 Å². The van der Waals surface area contributed by atoms with Gasteiger partial charge in [0.05, 0.1) is 4.87 Å². The van der Waals surface area contributed by atoms with E-state index in [0.29, 0.717) is 15.9 Å². The second kappa shape index (κ2) is 42.9. The van der Waals surface area contributed by atoms with Crippen molar-refractivity contribution in [3.05, 3.63) is 144 Å². The predicted octanol–water partition coefficient (Wildman–Crippen LogP) is 31.7. The molecule has 0 aromatic heterocycles. The first-order chi connectivity index (χ1) is 41.8. The number of rotatable bonds is 11. The molecule has 0 saturated heterocycles. The Bertz CT molecular complexity index is 2610. The molecular weight excluding hydrogens is 2040 g/mol. The molecule has 3 aromatic carbocycles. The minimum absolute atomic E-state index is 0.0278. The van der Waals surface area contributed by atoms with Gasteiger partial charge in [-0.2, -0.15) is 33.8 Å². The average molecular weight is 2130 g/mol. The normalized spacial score (nSPS) is 28.0. The summed E-state index contributed by atoms with van der Waals surface area (Å²) in [6, 6.07) is 31.6. The molecule has 0 nitrogen and oxygen atoms in total. The molecule has 8 saturated carbocycles. The molecule has 16 unspecified atom stereocenters. The van der Waals surface area contributed by atoms with Crippen LogP contribution in [0.15, 0.2) is 127 Å². The summed E-state index contributed by atoms with van der Waals surface area (Å²) < 4.78 is 0. The topological polar surface area (TPSA) is 0 Å². The van der Waals surface area contributed by atoms with Gasteiger partial charge >= 0.3 is 99.1 Å². The van der Waals surface area contributed by atoms with Gasteiger partial charge in [-0.05, 0) is 167 Å². The summed E-state index contributed by atoms with van der Waals surface area (Å²) in [5.74, 6) is 9.89. The van der Waals surface area contributed by atoms with E-state index >= 15 is 0 Å². The van der Waals surface area contributed by atoms with Crippen LogP contribution in [0, 0.1) is 59.2 Å². The predicted molar refractivity (Wildman–Crippen MR) is 469 cm³/mol. The van der Waals surface area contributed by atoms with E-state index in [1.807, 2.05) is 84.9 Å². The monoisotopic (exact) mass is 2120 g/mol. The molecule has 10 aliphatic rings. The Morgan fingerprint density at radius 1 is 0.500 bits per heavy atom. The van der Waals surface area contributed by atoms with Crippen LogP contribution in [0.4, 0.5) is 0 Å². The molecule has 10 bridgehead atoms. The average Bonchev–Trinajstić information content (AvgIpc) is 1.51. The first-order valence-electron chi connectivity index (χ1n) is 30.5. The first kappa shape index (κ1) is 95.3. The molecule has 92 heavy (non-hydrogen) atoms. The molecular formula is C64H92B4Cl14I4P4Ti2. The Kier molecular flexibility index (Phi) is 44.4. The molecule has 0 N–H and O–H groups in total. The molecule has 3 aromatic rings. The van der Waals surface area contributed by atoms with E-state index < -0.39 is 24.7 Å². The summed E-state index contributed by atoms with van der Waals surface area (Å²) in [4.78, 5) is 4.27. The Morgan fingerprint density at radius 2 is 0.826 bits per heavy atom. The third-order valence-corrected chi connectivity index (χ3v) is 42.9. The summed E-state index contributed by atoms with van der Waals surface area (Å²) in [6.07, 6.45) is 15.2. The van der Waals surface area contributed by atoms with Crippen LogP contribution in [0.1, 0.15) is 154 Å². The first-order valence-corrected chi connectivity index (χ1v) is 64.4. The van der Waals surface area contributed by atoms with Crippen LogP contribution in [0.25, 0.3) is 0 Å². The Morgan fingerprint density at radius 3 is 1.02 bits per heavy atom. The fraction of sp³-hybridized carbons (Fsp3) is 0.625. The molecule has 0 spiro atoms. The number of halogens is 18. The van der Waals surface area contributed by atoms with Gasteiger partial charge in [0.1, 0.15) is 0 Å². The standard InChI is InChI=1S/C16H19BClIP.C11H17BClIP.C9H11BClIP.C9H11Cl.C7H8.C4H9BClIP.C4H9Cl.C4H8.8ClH.2Ti/c1-16(2,9-6-4-3-5-7-9)20(19)17-14-11-8-10-12(14)13(10)15(11)18;1-11(2,3)15(12-14)10-6-4-5-7(8(5)10)9(6)13;1-9(2,13(12)10-11)8-6-4-3-5-7-8;1-9(2,10)8-6-4-3-5-7-8;1-2-7-4-3-6(1)5-7;1-4(2,3)8(6)5-7;1-4(2,3)5;1-4(2)3;;;;;;;;;;/h3-7,10-15H,8H2,1-2H3;5-10H,4H2,1-3H3;3-7H,1-2H3;3-7H,1-2H3;1-4,6-7H,5H2;1-3H3;1-3H3;1H2,2-3H3;8*1H;;/q;;;;;;;;;;;;;;;;2*+4/p-8. The molecule has 0 amide bonds. The van der Waals surface area contributed by atoms with Crippen molar-refractivity contribution in [3.63, 3.8) is 0 Å². The van der Waals surface area contributed by atoms with E-state index in [1.165, 1.54) is 36.0 Å². The molecule has 514 valence electrons. The van der Waals surface area contributed by atoms with E-state index in [2.05, 4.69) is 260 Å². The zero-order chi connectivity index (χ0) is 71.1. The van der Waals surface area contributed by atoms with Gasteiger partial charge in [-0.25, -0.2) is 0 Å². The zero-order valence-electron chi connectivity index (χ0n) is 55.8. The van der Waals surface area contributed by atoms with Crippen molar-refractivity contribution in [2.75, 3.05) is 0 Å². The van der Waals surface area contributed by atoms with Gasteiger partial charge in [0.15, 0.2) is 7.00 Å². The van der Waals surface area contributed by atoms with E-state index in [4.69, 9.17) is 144 Å². The summed E-state index contributed by atoms with van der Waals surface area (Å²) in [7, 11) is 39.8. The Hall–Kier alpha value is 7.27. The van der Waals surface area contributed by atoms with E-state index in [1.54, 1.807) is 6.41 Å². The Balaban J connectivity index is 0.000000365. The fourth-order valence-electron chi connectivity index (χ4n) is 12.1. The van der Waals surface area contributed by atoms with Gasteiger partial charge in [-0.1, -0.05) is 251 Å². The summed E-state index contributed by atoms with van der Waals surface area (Å²) in [6.45, 7) is 43.0. The van der Waals surface area contributed by atoms with Gasteiger partial charge < -0.3 is 0 Å². The van der Waals surface area contributed by atoms with E-state index in [0.717, 1.165) is 76.2 Å². The summed E-state index contributed by atoms with van der Waals surface area (Å²) in [5.41, 5.74) is 5.69. The number of allylic oxidation sites excluding steroid dienone is 5. The van der Waals surface area contributed by atoms with Crippen molar-refractivity contribution in [1.29, 1.82) is 0 Å². The Labute approximate surface area is 687 Å². The molecule has 4 radical (unpaired) electrons. The summed E-state index contributed by atoms with van der Waals surface area (Å²) in [5, 5.41) is 2.20. The fourth-order valence-corrected chi connectivity index (χ4v) is 28.5. The molecule has 28 heteroatoms. The molecule has 0 heterocycles. The number of hydrogen-bond acceptors (Lipinski definition) is 0. The third-order valence-electron chi connectivity index (χ3n) is 16.6. The van der Waals surface area contributed by atoms with Crippen molar-refractivity contribution in [3.8, 4) is 0 Å². The minimum atomic E-state index is -3.11. The van der Waals surface area contributed by atoms with Crippen LogP contribution in [-0.4, -0.2) is 54.7 Å². The van der Waals surface area contributed by atoms with Crippen molar-refractivity contribution in [1.82, 2.24) is 0 Å². The van der Waals surface area contributed by atoms with Crippen LogP contribution >= 0.6 is 258 Å². The van der Waals surface area contributed by atoms with Gasteiger partial charge in [0.2, 0.25) is 4.86 Å². The summed E-state index contributed by atoms with van der Waals surface area (Å²) >= 11 is 40.1. The number of alkyl halides is 4. The molecule has 13 rings (SSSR count). The van der Waals surface area contributed by atoms with Crippen molar-refractivity contribution >= 4 is 281 Å². The van der Waals surface area contributed by atoms with Crippen molar-refractivity contribution in [2.24, 2.45) is 59.2 Å². The second-order valence-corrected chi connectivity index (χ2v) is 83.0. The van der Waals surface area contributed by atoms with Gasteiger partial charge in [-0.15, -0.1) is 94.4 Å². The molecule has 8 fully saturated rings. The zero-order valence-corrected chi connectivity index (χ0v) is 81.7. The molecule has 10 aliphatic carbocycles. The van der Waals surface area contributed by atoms with Gasteiger partial charge in [-0.3, -0.25) is 0 Å².